The zero-order valence-electron chi connectivity index (χ0n) is 19.5. The molecule has 0 aliphatic rings. The first-order valence-electron chi connectivity index (χ1n) is 11.4. The van der Waals surface area contributed by atoms with Crippen molar-refractivity contribution in [1.82, 2.24) is 10.6 Å². The lowest BCUT2D eigenvalue weighted by Gasteiger charge is -2.18. The van der Waals surface area contributed by atoms with Crippen molar-refractivity contribution in [3.05, 3.63) is 100 Å². The fourth-order valence-electron chi connectivity index (χ4n) is 3.76. The number of amides is 1. The molecule has 0 aliphatic heterocycles. The van der Waals surface area contributed by atoms with Gasteiger partial charge in [0.2, 0.25) is 5.91 Å². The Hall–Kier alpha value is -3.33. The van der Waals surface area contributed by atoms with Gasteiger partial charge in [0.15, 0.2) is 11.6 Å². The van der Waals surface area contributed by atoms with Crippen LogP contribution in [0.2, 0.25) is 0 Å². The highest BCUT2D eigenvalue weighted by Crippen LogP contribution is 2.22. The zero-order valence-corrected chi connectivity index (χ0v) is 19.5. The average molecular weight is 485 g/mol. The Morgan fingerprint density at radius 3 is 2.49 bits per heavy atom. The molecule has 0 unspecified atom stereocenters. The molecule has 0 bridgehead atoms. The number of hydrogen-bond acceptors (Lipinski definition) is 5. The van der Waals surface area contributed by atoms with Crippen LogP contribution >= 0.6 is 0 Å². The van der Waals surface area contributed by atoms with E-state index in [1.165, 1.54) is 12.1 Å². The molecule has 35 heavy (non-hydrogen) atoms. The third-order valence-corrected chi connectivity index (χ3v) is 5.69. The maximum Gasteiger partial charge on any atom is 0.224 e. The van der Waals surface area contributed by atoms with Gasteiger partial charge in [-0.25, -0.2) is 8.78 Å². The van der Waals surface area contributed by atoms with Crippen LogP contribution < -0.4 is 10.6 Å². The van der Waals surface area contributed by atoms with Gasteiger partial charge in [-0.3, -0.25) is 4.79 Å². The maximum atomic E-state index is 13.3. The summed E-state index contributed by atoms with van der Waals surface area (Å²) in [4.78, 5) is 12.3. The molecule has 5 N–H and O–H groups in total. The van der Waals surface area contributed by atoms with E-state index in [0.717, 1.165) is 23.3 Å². The summed E-state index contributed by atoms with van der Waals surface area (Å²) in [5.41, 5.74) is 3.30. The van der Waals surface area contributed by atoms with Crippen LogP contribution in [-0.2, 0) is 30.8 Å². The number of aromatic hydroxyl groups is 1. The Kier molecular flexibility index (Phi) is 9.31. The van der Waals surface area contributed by atoms with E-state index < -0.39 is 17.7 Å². The fraction of sp³-hybridized carbons (Fsp3) is 0.296. The van der Waals surface area contributed by atoms with Gasteiger partial charge in [-0.1, -0.05) is 36.4 Å². The molecule has 1 amide bonds. The van der Waals surface area contributed by atoms with Crippen LogP contribution in [0.3, 0.4) is 0 Å². The predicted molar refractivity (Wildman–Crippen MR) is 129 cm³/mol. The lowest BCUT2D eigenvalue weighted by molar-refractivity contribution is -0.120. The van der Waals surface area contributed by atoms with Crippen LogP contribution in [0.1, 0.15) is 40.8 Å². The number of aliphatic hydroxyl groups excluding tert-OH is 2. The van der Waals surface area contributed by atoms with Crippen LogP contribution in [-0.4, -0.2) is 33.8 Å². The maximum absolute atomic E-state index is 13.3. The van der Waals surface area contributed by atoms with Crippen molar-refractivity contribution < 1.29 is 28.9 Å². The Morgan fingerprint density at radius 1 is 0.971 bits per heavy atom. The largest absolute Gasteiger partial charge is 0.508 e. The van der Waals surface area contributed by atoms with Crippen molar-refractivity contribution >= 4 is 5.91 Å². The van der Waals surface area contributed by atoms with Gasteiger partial charge in [-0.05, 0) is 59.9 Å². The molecular weight excluding hydrogens is 454 g/mol. The first-order valence-corrected chi connectivity index (χ1v) is 11.4. The minimum Gasteiger partial charge on any atom is -0.508 e. The predicted octanol–water partition coefficient (Wildman–Crippen LogP) is 3.28. The van der Waals surface area contributed by atoms with E-state index in [2.05, 4.69) is 10.6 Å². The smallest absolute Gasteiger partial charge is 0.224 e. The van der Waals surface area contributed by atoms with Crippen molar-refractivity contribution in [1.29, 1.82) is 0 Å². The fourth-order valence-corrected chi connectivity index (χ4v) is 3.76. The molecule has 0 radical (unpaired) electrons. The molecule has 6 nitrogen and oxygen atoms in total. The Labute approximate surface area is 203 Å². The summed E-state index contributed by atoms with van der Waals surface area (Å²) in [5.74, 6) is -2.11. The second-order valence-corrected chi connectivity index (χ2v) is 8.60. The van der Waals surface area contributed by atoms with E-state index in [4.69, 9.17) is 0 Å². The normalized spacial score (nSPS) is 12.8. The third-order valence-electron chi connectivity index (χ3n) is 5.69. The lowest BCUT2D eigenvalue weighted by atomic mass is 10.0. The SMILES string of the molecule is C[C@H](Cc1cccc(CC(=O)NCc2ccc(F)c(F)c2)c1)NC[C@H](O)c1ccc(O)c(CO)c1. The van der Waals surface area contributed by atoms with Crippen LogP contribution in [0.5, 0.6) is 5.75 Å². The van der Waals surface area contributed by atoms with Gasteiger partial charge in [0.05, 0.1) is 19.1 Å². The molecule has 3 aromatic rings. The van der Waals surface area contributed by atoms with Crippen molar-refractivity contribution in [2.45, 2.75) is 45.1 Å². The number of halogens is 2. The molecule has 0 aliphatic carbocycles. The summed E-state index contributed by atoms with van der Waals surface area (Å²) in [6.07, 6.45) is 0.0357. The van der Waals surface area contributed by atoms with Crippen LogP contribution in [0, 0.1) is 11.6 Å². The third kappa shape index (κ3) is 7.85. The molecule has 8 heteroatoms. The van der Waals surface area contributed by atoms with Crippen molar-refractivity contribution in [2.75, 3.05) is 6.54 Å². The van der Waals surface area contributed by atoms with Crippen LogP contribution in [0.25, 0.3) is 0 Å². The van der Waals surface area contributed by atoms with E-state index >= 15 is 0 Å². The Bertz CT molecular complexity index is 1160. The minimum absolute atomic E-state index is 0.0114. The second kappa shape index (κ2) is 12.4. The van der Waals surface area contributed by atoms with Crippen LogP contribution in [0.4, 0.5) is 8.78 Å². The first kappa shape index (κ1) is 26.3. The van der Waals surface area contributed by atoms with Gasteiger partial charge in [0.25, 0.3) is 0 Å². The lowest BCUT2D eigenvalue weighted by Crippen LogP contribution is -2.32. The summed E-state index contributed by atoms with van der Waals surface area (Å²) < 4.78 is 26.3. The highest BCUT2D eigenvalue weighted by molar-refractivity contribution is 5.78. The molecular formula is C27H30F2N2O4. The quantitative estimate of drug-likeness (QED) is 0.288. The van der Waals surface area contributed by atoms with Gasteiger partial charge in [-0.2, -0.15) is 0 Å². The number of hydrogen-bond donors (Lipinski definition) is 5. The number of nitrogens with one attached hydrogen (secondary N) is 2. The van der Waals surface area contributed by atoms with Gasteiger partial charge in [0.1, 0.15) is 5.75 Å². The van der Waals surface area contributed by atoms with Gasteiger partial charge < -0.3 is 26.0 Å². The number of aliphatic hydroxyl groups is 2. The Balaban J connectivity index is 1.48. The standard InChI is InChI=1S/C27H30F2N2O4/c1-17(30-15-26(34)21-6-8-25(33)22(13-21)16-32)9-18-3-2-4-19(10-18)12-27(35)31-14-20-5-7-23(28)24(29)11-20/h2-8,10-11,13,17,26,30,32-34H,9,12,14-16H2,1H3,(H,31,35)/t17-,26+/m1/s1. The van der Waals surface area contributed by atoms with E-state index in [1.807, 2.05) is 31.2 Å². The molecule has 0 fully saturated rings. The number of carbonyl (C=O) groups excluding carboxylic acids is 1. The van der Waals surface area contributed by atoms with Crippen LogP contribution in [0.15, 0.2) is 60.7 Å². The summed E-state index contributed by atoms with van der Waals surface area (Å²) in [6.45, 7) is 2.09. The highest BCUT2D eigenvalue weighted by atomic mass is 19.2. The van der Waals surface area contributed by atoms with E-state index in [0.29, 0.717) is 29.7 Å². The zero-order chi connectivity index (χ0) is 25.4. The van der Waals surface area contributed by atoms with E-state index in [1.54, 1.807) is 12.1 Å². The first-order chi connectivity index (χ1) is 16.7. The second-order valence-electron chi connectivity index (χ2n) is 8.60. The number of phenols is 1. The summed E-state index contributed by atoms with van der Waals surface area (Å²) in [6, 6.07) is 15.8. The van der Waals surface area contributed by atoms with E-state index in [-0.39, 0.29) is 37.3 Å². The molecule has 3 aromatic carbocycles. The number of carbonyl (C=O) groups is 1. The van der Waals surface area contributed by atoms with Crippen molar-refractivity contribution in [3.8, 4) is 5.75 Å². The van der Waals surface area contributed by atoms with E-state index in [9.17, 15) is 28.9 Å². The van der Waals surface area contributed by atoms with Gasteiger partial charge in [-0.15, -0.1) is 0 Å². The van der Waals surface area contributed by atoms with Gasteiger partial charge >= 0.3 is 0 Å². The molecule has 0 aromatic heterocycles. The van der Waals surface area contributed by atoms with Crippen molar-refractivity contribution in [3.63, 3.8) is 0 Å². The summed E-state index contributed by atoms with van der Waals surface area (Å²) in [7, 11) is 0. The monoisotopic (exact) mass is 484 g/mol. The minimum atomic E-state index is -0.947. The van der Waals surface area contributed by atoms with Crippen molar-refractivity contribution in [2.24, 2.45) is 0 Å². The number of rotatable bonds is 11. The molecule has 186 valence electrons. The molecule has 0 spiro atoms. The molecule has 2 atom stereocenters. The molecule has 0 heterocycles. The molecule has 0 saturated carbocycles. The Morgan fingerprint density at radius 2 is 1.74 bits per heavy atom. The molecule has 0 saturated heterocycles. The average Bonchev–Trinajstić information content (AvgIpc) is 2.83. The summed E-state index contributed by atoms with van der Waals surface area (Å²) >= 11 is 0. The molecule has 3 rings (SSSR count). The summed E-state index contributed by atoms with van der Waals surface area (Å²) in [5, 5.41) is 35.4. The number of benzene rings is 3. The highest BCUT2D eigenvalue weighted by Gasteiger charge is 2.13. The topological polar surface area (TPSA) is 102 Å². The van der Waals surface area contributed by atoms with Gasteiger partial charge in [0, 0.05) is 24.7 Å².